The van der Waals surface area contributed by atoms with E-state index in [1.807, 2.05) is 0 Å². The Morgan fingerprint density at radius 3 is 2.38 bits per heavy atom. The first-order chi connectivity index (χ1) is 11.3. The molecule has 0 aliphatic heterocycles. The molecular formula is C18H12F2O4. The first-order valence-corrected chi connectivity index (χ1v) is 7.07. The maximum absolute atomic E-state index is 13.2. The molecule has 0 amide bonds. The molecule has 6 heteroatoms. The van der Waals surface area contributed by atoms with Gasteiger partial charge in [0, 0.05) is 23.1 Å². The molecule has 24 heavy (non-hydrogen) atoms. The summed E-state index contributed by atoms with van der Waals surface area (Å²) in [5.74, 6) is -2.52. The number of aryl methyl sites for hydroxylation is 2. The Morgan fingerprint density at radius 2 is 1.71 bits per heavy atom. The van der Waals surface area contributed by atoms with E-state index in [9.17, 15) is 18.4 Å². The van der Waals surface area contributed by atoms with E-state index in [0.717, 1.165) is 17.7 Å². The summed E-state index contributed by atoms with van der Waals surface area (Å²) in [6.45, 7) is 3.39. The number of benzene rings is 2. The van der Waals surface area contributed by atoms with Crippen LogP contribution < -0.4 is 10.4 Å². The predicted octanol–water partition coefficient (Wildman–Crippen LogP) is 3.91. The van der Waals surface area contributed by atoms with Crippen molar-refractivity contribution in [1.29, 1.82) is 0 Å². The molecule has 0 saturated carbocycles. The number of rotatable bonds is 2. The van der Waals surface area contributed by atoms with E-state index in [0.29, 0.717) is 22.6 Å². The minimum Gasteiger partial charge on any atom is -0.423 e. The molecule has 0 bridgehead atoms. The molecule has 1 aromatic heterocycles. The number of hydrogen-bond acceptors (Lipinski definition) is 4. The van der Waals surface area contributed by atoms with Crippen molar-refractivity contribution >= 4 is 16.9 Å². The van der Waals surface area contributed by atoms with Crippen LogP contribution in [-0.4, -0.2) is 5.97 Å². The van der Waals surface area contributed by atoms with Gasteiger partial charge in [-0.25, -0.2) is 18.4 Å². The van der Waals surface area contributed by atoms with E-state index < -0.39 is 23.2 Å². The summed E-state index contributed by atoms with van der Waals surface area (Å²) >= 11 is 0. The van der Waals surface area contributed by atoms with Crippen molar-refractivity contribution in [3.8, 4) is 5.75 Å². The van der Waals surface area contributed by atoms with Gasteiger partial charge in [0.25, 0.3) is 0 Å². The molecule has 0 fully saturated rings. The standard InChI is InChI=1S/C18H12F2O4/c1-9-5-16(21)24-17-10(2)15(4-3-14(9)17)23-18(22)11-6-12(19)8-13(20)7-11/h3-8H,1-2H3. The fourth-order valence-electron chi connectivity index (χ4n) is 2.44. The fraction of sp³-hybridized carbons (Fsp3) is 0.111. The van der Waals surface area contributed by atoms with E-state index in [1.54, 1.807) is 19.9 Å². The second-order valence-electron chi connectivity index (χ2n) is 5.36. The molecule has 0 saturated heterocycles. The summed E-state index contributed by atoms with van der Waals surface area (Å²) in [6, 6.07) is 6.98. The highest BCUT2D eigenvalue weighted by molar-refractivity contribution is 5.92. The van der Waals surface area contributed by atoms with Crippen LogP contribution in [0.25, 0.3) is 11.0 Å². The van der Waals surface area contributed by atoms with Crippen LogP contribution in [0, 0.1) is 25.5 Å². The number of carbonyl (C=O) groups excluding carboxylic acids is 1. The summed E-state index contributed by atoms with van der Waals surface area (Å²) in [5.41, 5.74) is 0.708. The zero-order chi connectivity index (χ0) is 17.4. The Hall–Kier alpha value is -3.02. The Labute approximate surface area is 135 Å². The van der Waals surface area contributed by atoms with Crippen molar-refractivity contribution in [3.63, 3.8) is 0 Å². The van der Waals surface area contributed by atoms with Gasteiger partial charge in [0.2, 0.25) is 0 Å². The zero-order valence-electron chi connectivity index (χ0n) is 12.9. The minimum atomic E-state index is -0.911. The Kier molecular flexibility index (Phi) is 3.89. The van der Waals surface area contributed by atoms with Crippen LogP contribution in [0.4, 0.5) is 8.78 Å². The lowest BCUT2D eigenvalue weighted by molar-refractivity contribution is 0.0732. The third-order valence-corrected chi connectivity index (χ3v) is 3.62. The van der Waals surface area contributed by atoms with Crippen LogP contribution in [0.3, 0.4) is 0 Å². The minimum absolute atomic E-state index is 0.144. The summed E-state index contributed by atoms with van der Waals surface area (Å²) in [5, 5.41) is 0.712. The van der Waals surface area contributed by atoms with Gasteiger partial charge in [0.05, 0.1) is 5.56 Å². The Bertz CT molecular complexity index is 1000. The maximum atomic E-state index is 13.2. The van der Waals surface area contributed by atoms with Crippen molar-refractivity contribution in [2.45, 2.75) is 13.8 Å². The van der Waals surface area contributed by atoms with Crippen molar-refractivity contribution in [1.82, 2.24) is 0 Å². The molecule has 0 aliphatic rings. The van der Waals surface area contributed by atoms with Gasteiger partial charge in [0.15, 0.2) is 0 Å². The zero-order valence-corrected chi connectivity index (χ0v) is 12.9. The smallest absolute Gasteiger partial charge is 0.343 e. The van der Waals surface area contributed by atoms with Crippen molar-refractivity contribution in [3.05, 3.63) is 75.1 Å². The highest BCUT2D eigenvalue weighted by atomic mass is 19.1. The van der Waals surface area contributed by atoms with Gasteiger partial charge in [-0.15, -0.1) is 0 Å². The van der Waals surface area contributed by atoms with Crippen molar-refractivity contribution in [2.75, 3.05) is 0 Å². The van der Waals surface area contributed by atoms with Gasteiger partial charge >= 0.3 is 11.6 Å². The van der Waals surface area contributed by atoms with Crippen LogP contribution in [0.15, 0.2) is 45.6 Å². The molecule has 0 spiro atoms. The summed E-state index contributed by atoms with van der Waals surface area (Å²) < 4.78 is 36.8. The summed E-state index contributed by atoms with van der Waals surface area (Å²) in [6.07, 6.45) is 0. The molecule has 0 N–H and O–H groups in total. The average Bonchev–Trinajstić information content (AvgIpc) is 2.49. The lowest BCUT2D eigenvalue weighted by Crippen LogP contribution is -2.10. The number of carbonyl (C=O) groups is 1. The van der Waals surface area contributed by atoms with E-state index >= 15 is 0 Å². The quantitative estimate of drug-likeness (QED) is 0.406. The third-order valence-electron chi connectivity index (χ3n) is 3.62. The SMILES string of the molecule is Cc1cc(=O)oc2c(C)c(OC(=O)c3cc(F)cc(F)c3)ccc12. The lowest BCUT2D eigenvalue weighted by Gasteiger charge is -2.10. The fourth-order valence-corrected chi connectivity index (χ4v) is 2.44. The Morgan fingerprint density at radius 1 is 1.04 bits per heavy atom. The molecule has 3 rings (SSSR count). The number of esters is 1. The summed E-state index contributed by atoms with van der Waals surface area (Å²) in [4.78, 5) is 23.6. The van der Waals surface area contributed by atoms with Crippen LogP contribution in [0.5, 0.6) is 5.75 Å². The highest BCUT2D eigenvalue weighted by Crippen LogP contribution is 2.28. The van der Waals surface area contributed by atoms with E-state index in [2.05, 4.69) is 0 Å². The monoisotopic (exact) mass is 330 g/mol. The first kappa shape index (κ1) is 15.9. The molecular weight excluding hydrogens is 318 g/mol. The largest absolute Gasteiger partial charge is 0.423 e. The maximum Gasteiger partial charge on any atom is 0.343 e. The molecule has 0 radical (unpaired) electrons. The number of hydrogen-bond donors (Lipinski definition) is 0. The number of fused-ring (bicyclic) bond motifs is 1. The van der Waals surface area contributed by atoms with Crippen molar-refractivity contribution < 1.29 is 22.7 Å². The van der Waals surface area contributed by atoms with Gasteiger partial charge in [0.1, 0.15) is 23.0 Å². The third kappa shape index (κ3) is 2.90. The molecule has 2 aromatic carbocycles. The van der Waals surface area contributed by atoms with Gasteiger partial charge in [-0.05, 0) is 43.7 Å². The van der Waals surface area contributed by atoms with Crippen LogP contribution in [-0.2, 0) is 0 Å². The lowest BCUT2D eigenvalue weighted by atomic mass is 10.1. The van der Waals surface area contributed by atoms with Crippen LogP contribution in [0.1, 0.15) is 21.5 Å². The average molecular weight is 330 g/mol. The molecule has 4 nitrogen and oxygen atoms in total. The molecule has 3 aromatic rings. The predicted molar refractivity (Wildman–Crippen MR) is 83.3 cm³/mol. The van der Waals surface area contributed by atoms with Gasteiger partial charge in [-0.3, -0.25) is 0 Å². The van der Waals surface area contributed by atoms with Gasteiger partial charge in [-0.2, -0.15) is 0 Å². The number of halogens is 2. The molecule has 1 heterocycles. The first-order valence-electron chi connectivity index (χ1n) is 7.07. The van der Waals surface area contributed by atoms with E-state index in [-0.39, 0.29) is 11.3 Å². The molecule has 122 valence electrons. The van der Waals surface area contributed by atoms with Crippen LogP contribution in [0.2, 0.25) is 0 Å². The molecule has 0 atom stereocenters. The van der Waals surface area contributed by atoms with E-state index in [4.69, 9.17) is 9.15 Å². The van der Waals surface area contributed by atoms with Gasteiger partial charge in [-0.1, -0.05) is 0 Å². The number of ether oxygens (including phenoxy) is 1. The molecule has 0 aliphatic carbocycles. The second kappa shape index (κ2) is 5.88. The summed E-state index contributed by atoms with van der Waals surface area (Å²) in [7, 11) is 0. The normalized spacial score (nSPS) is 10.8. The Balaban J connectivity index is 2.02. The van der Waals surface area contributed by atoms with Gasteiger partial charge < -0.3 is 9.15 Å². The highest BCUT2D eigenvalue weighted by Gasteiger charge is 2.16. The van der Waals surface area contributed by atoms with E-state index in [1.165, 1.54) is 12.1 Å². The second-order valence-corrected chi connectivity index (χ2v) is 5.36. The van der Waals surface area contributed by atoms with Crippen LogP contribution >= 0.6 is 0 Å². The topological polar surface area (TPSA) is 56.5 Å². The molecule has 0 unspecified atom stereocenters. The van der Waals surface area contributed by atoms with Crippen molar-refractivity contribution in [2.24, 2.45) is 0 Å².